The van der Waals surface area contributed by atoms with Crippen LogP contribution in [0.25, 0.3) is 5.65 Å². The van der Waals surface area contributed by atoms with Gasteiger partial charge in [0.15, 0.2) is 5.65 Å². The summed E-state index contributed by atoms with van der Waals surface area (Å²) in [6.45, 7) is 2.09. The van der Waals surface area contributed by atoms with Gasteiger partial charge >= 0.3 is 0 Å². The van der Waals surface area contributed by atoms with E-state index in [2.05, 4.69) is 10.2 Å². The molecule has 4 heterocycles. The zero-order valence-electron chi connectivity index (χ0n) is 16.2. The van der Waals surface area contributed by atoms with Crippen LogP contribution in [0.3, 0.4) is 0 Å². The average Bonchev–Trinajstić information content (AvgIpc) is 3.39. The molecule has 0 radical (unpaired) electrons. The number of aromatic nitrogens is 3. The normalized spacial score (nSPS) is 19.9. The summed E-state index contributed by atoms with van der Waals surface area (Å²) in [5, 5.41) is 8.65. The molecule has 0 spiro atoms. The highest BCUT2D eigenvalue weighted by Crippen LogP contribution is 2.28. The quantitative estimate of drug-likeness (QED) is 0.691. The minimum Gasteiger partial charge on any atom is -0.338 e. The molecule has 0 N–H and O–H groups in total. The Morgan fingerprint density at radius 2 is 1.97 bits per heavy atom. The number of likely N-dealkylation sites (tertiary alicyclic amines) is 1. The van der Waals surface area contributed by atoms with E-state index in [-0.39, 0.29) is 17.7 Å². The van der Waals surface area contributed by atoms with Crippen LogP contribution >= 0.6 is 0 Å². The number of pyridine rings is 1. The van der Waals surface area contributed by atoms with E-state index in [1.54, 1.807) is 4.90 Å². The van der Waals surface area contributed by atoms with Crippen molar-refractivity contribution in [1.82, 2.24) is 19.5 Å². The van der Waals surface area contributed by atoms with Gasteiger partial charge in [0.2, 0.25) is 5.91 Å². The number of hydrogen-bond acceptors (Lipinski definition) is 4. The molecule has 7 heteroatoms. The minimum atomic E-state index is 0.0111. The van der Waals surface area contributed by atoms with Crippen LogP contribution in [-0.4, -0.2) is 50.9 Å². The van der Waals surface area contributed by atoms with Crippen molar-refractivity contribution in [1.29, 1.82) is 0 Å². The topological polar surface area (TPSA) is 70.8 Å². The smallest absolute Gasteiger partial charge is 0.253 e. The predicted octanol–water partition coefficient (Wildman–Crippen LogP) is 2.88. The summed E-state index contributed by atoms with van der Waals surface area (Å²) in [5.41, 5.74) is 2.28. The Morgan fingerprint density at radius 3 is 2.83 bits per heavy atom. The highest BCUT2D eigenvalue weighted by atomic mass is 16.2. The molecule has 0 saturated carbocycles. The van der Waals surface area contributed by atoms with Gasteiger partial charge in [-0.2, -0.15) is 0 Å². The van der Waals surface area contributed by atoms with Gasteiger partial charge in [-0.3, -0.25) is 14.0 Å². The van der Waals surface area contributed by atoms with Crippen LogP contribution in [0.2, 0.25) is 0 Å². The molecule has 0 bridgehead atoms. The summed E-state index contributed by atoms with van der Waals surface area (Å²) in [5.74, 6) is 1.21. The van der Waals surface area contributed by atoms with Gasteiger partial charge in [0.1, 0.15) is 5.82 Å². The molecule has 148 valence electrons. The zero-order chi connectivity index (χ0) is 19.8. The van der Waals surface area contributed by atoms with Gasteiger partial charge in [-0.1, -0.05) is 12.1 Å². The lowest BCUT2D eigenvalue weighted by atomic mass is 9.96. The molecule has 7 nitrogen and oxygen atoms in total. The maximum Gasteiger partial charge on any atom is 0.253 e. The molecule has 1 aromatic carbocycles. The van der Waals surface area contributed by atoms with Crippen molar-refractivity contribution in [3.63, 3.8) is 0 Å². The van der Waals surface area contributed by atoms with Crippen molar-refractivity contribution in [2.24, 2.45) is 0 Å². The highest BCUT2D eigenvalue weighted by molar-refractivity contribution is 5.99. The maximum atomic E-state index is 13.2. The van der Waals surface area contributed by atoms with Gasteiger partial charge < -0.3 is 9.80 Å². The second-order valence-corrected chi connectivity index (χ2v) is 7.78. The van der Waals surface area contributed by atoms with Crippen LogP contribution in [0.1, 0.15) is 47.8 Å². The molecule has 3 aromatic rings. The Hall–Kier alpha value is -3.22. The van der Waals surface area contributed by atoms with Crippen LogP contribution in [-0.2, 0) is 4.79 Å². The van der Waals surface area contributed by atoms with Crippen LogP contribution in [0, 0.1) is 0 Å². The lowest BCUT2D eigenvalue weighted by Gasteiger charge is -2.32. The molecular formula is C22H23N5O2. The SMILES string of the molecule is O=C(c1cccc(N2CCCC2=O)c1)N1CCCC(c2nnc3ccccn23)C1. The first kappa shape index (κ1) is 17.8. The van der Waals surface area contributed by atoms with E-state index < -0.39 is 0 Å². The summed E-state index contributed by atoms with van der Waals surface area (Å²) in [6, 6.07) is 13.3. The summed E-state index contributed by atoms with van der Waals surface area (Å²) in [4.78, 5) is 28.9. The number of carbonyl (C=O) groups is 2. The lowest BCUT2D eigenvalue weighted by molar-refractivity contribution is -0.117. The molecule has 2 amide bonds. The summed E-state index contributed by atoms with van der Waals surface area (Å²) >= 11 is 0. The van der Waals surface area contributed by atoms with E-state index >= 15 is 0 Å². The maximum absolute atomic E-state index is 13.2. The standard InChI is InChI=1S/C22H23N5O2/c28-20-10-5-13-26(20)18-8-3-6-16(14-18)22(29)25-11-4-7-17(15-25)21-24-23-19-9-1-2-12-27(19)21/h1-3,6,8-9,12,14,17H,4-5,7,10-11,13,15H2. The zero-order valence-corrected chi connectivity index (χ0v) is 16.2. The molecule has 5 rings (SSSR count). The first-order chi connectivity index (χ1) is 14.2. The number of amides is 2. The van der Waals surface area contributed by atoms with Crippen molar-refractivity contribution < 1.29 is 9.59 Å². The van der Waals surface area contributed by atoms with Gasteiger partial charge in [-0.05, 0) is 49.6 Å². The van der Waals surface area contributed by atoms with E-state index in [4.69, 9.17) is 0 Å². The lowest BCUT2D eigenvalue weighted by Crippen LogP contribution is -2.39. The van der Waals surface area contributed by atoms with Gasteiger partial charge in [-0.15, -0.1) is 10.2 Å². The average molecular weight is 389 g/mol. The number of benzene rings is 1. The van der Waals surface area contributed by atoms with Gasteiger partial charge in [0.05, 0.1) is 0 Å². The Kier molecular flexibility index (Phi) is 4.50. The van der Waals surface area contributed by atoms with E-state index in [9.17, 15) is 9.59 Å². The summed E-state index contributed by atoms with van der Waals surface area (Å²) in [7, 11) is 0. The largest absolute Gasteiger partial charge is 0.338 e. The summed E-state index contributed by atoms with van der Waals surface area (Å²) in [6.07, 6.45) is 5.35. The number of fused-ring (bicyclic) bond motifs is 1. The van der Waals surface area contributed by atoms with Gasteiger partial charge in [-0.25, -0.2) is 0 Å². The van der Waals surface area contributed by atoms with Gasteiger partial charge in [0.25, 0.3) is 5.91 Å². The van der Waals surface area contributed by atoms with Crippen LogP contribution in [0.15, 0.2) is 48.7 Å². The van der Waals surface area contributed by atoms with Crippen LogP contribution in [0.5, 0.6) is 0 Å². The Balaban J connectivity index is 1.37. The van der Waals surface area contributed by atoms with E-state index in [1.165, 1.54) is 0 Å². The number of carbonyl (C=O) groups excluding carboxylic acids is 2. The first-order valence-corrected chi connectivity index (χ1v) is 10.2. The van der Waals surface area contributed by atoms with Crippen molar-refractivity contribution in [3.8, 4) is 0 Å². The van der Waals surface area contributed by atoms with Crippen molar-refractivity contribution in [3.05, 3.63) is 60.0 Å². The number of piperidine rings is 1. The Labute approximate surface area is 168 Å². The van der Waals surface area contributed by atoms with Crippen molar-refractivity contribution in [2.75, 3.05) is 24.5 Å². The van der Waals surface area contributed by atoms with Gasteiger partial charge in [0, 0.05) is 49.4 Å². The third-order valence-corrected chi connectivity index (χ3v) is 5.89. The molecule has 0 aliphatic carbocycles. The molecule has 2 aliphatic heterocycles. The molecule has 1 atom stereocenters. The monoisotopic (exact) mass is 389 g/mol. The fourth-order valence-electron chi connectivity index (χ4n) is 4.42. The number of hydrogen-bond donors (Lipinski definition) is 0. The number of anilines is 1. The van der Waals surface area contributed by atoms with Crippen LogP contribution in [0.4, 0.5) is 5.69 Å². The predicted molar refractivity (Wildman–Crippen MR) is 109 cm³/mol. The molecule has 2 saturated heterocycles. The molecule has 2 aliphatic rings. The third-order valence-electron chi connectivity index (χ3n) is 5.89. The molecule has 1 unspecified atom stereocenters. The summed E-state index contributed by atoms with van der Waals surface area (Å²) < 4.78 is 2.01. The molecular weight excluding hydrogens is 366 g/mol. The van der Waals surface area contributed by atoms with Crippen molar-refractivity contribution in [2.45, 2.75) is 31.6 Å². The van der Waals surface area contributed by atoms with E-state index in [0.717, 1.165) is 49.5 Å². The fourth-order valence-corrected chi connectivity index (χ4v) is 4.42. The van der Waals surface area contributed by atoms with Crippen molar-refractivity contribution >= 4 is 23.1 Å². The Bertz CT molecular complexity index is 1080. The van der Waals surface area contributed by atoms with E-state index in [1.807, 2.05) is 58.0 Å². The second-order valence-electron chi connectivity index (χ2n) is 7.78. The van der Waals surface area contributed by atoms with Crippen LogP contribution < -0.4 is 4.90 Å². The molecule has 29 heavy (non-hydrogen) atoms. The highest BCUT2D eigenvalue weighted by Gasteiger charge is 2.29. The third kappa shape index (κ3) is 3.26. The first-order valence-electron chi connectivity index (χ1n) is 10.2. The minimum absolute atomic E-state index is 0.0111. The molecule has 2 aromatic heterocycles. The molecule has 2 fully saturated rings. The number of rotatable bonds is 3. The fraction of sp³-hybridized carbons (Fsp3) is 0.364. The number of nitrogens with zero attached hydrogens (tertiary/aromatic N) is 5. The Morgan fingerprint density at radius 1 is 1.03 bits per heavy atom. The second kappa shape index (κ2) is 7.31. The van der Waals surface area contributed by atoms with E-state index in [0.29, 0.717) is 18.5 Å².